The Morgan fingerprint density at radius 2 is 2.25 bits per heavy atom. The molecule has 1 aromatic carbocycles. The molecule has 104 valence electrons. The quantitative estimate of drug-likeness (QED) is 0.508. The summed E-state index contributed by atoms with van der Waals surface area (Å²) in [5.74, 6) is 0.0995. The Balaban J connectivity index is 2.29. The van der Waals surface area contributed by atoms with Gasteiger partial charge in [-0.3, -0.25) is 10.1 Å². The zero-order valence-electron chi connectivity index (χ0n) is 10.4. The van der Waals surface area contributed by atoms with Gasteiger partial charge >= 0.3 is 5.69 Å². The zero-order chi connectivity index (χ0) is 14.7. The first-order chi connectivity index (χ1) is 9.47. The van der Waals surface area contributed by atoms with Crippen LogP contribution >= 0.6 is 27.5 Å². The molecule has 2 aromatic rings. The highest BCUT2D eigenvalue weighted by molar-refractivity contribution is 9.10. The van der Waals surface area contributed by atoms with Crippen molar-refractivity contribution in [2.45, 2.75) is 13.0 Å². The van der Waals surface area contributed by atoms with Crippen LogP contribution in [0.4, 0.5) is 11.5 Å². The fourth-order valence-corrected chi connectivity index (χ4v) is 2.21. The predicted molar refractivity (Wildman–Crippen MR) is 79.9 cm³/mol. The van der Waals surface area contributed by atoms with Crippen LogP contribution in [0.3, 0.4) is 0 Å². The summed E-state index contributed by atoms with van der Waals surface area (Å²) in [5.41, 5.74) is 0.750. The Morgan fingerprint density at radius 3 is 2.90 bits per heavy atom. The van der Waals surface area contributed by atoms with Gasteiger partial charge in [0.2, 0.25) is 11.1 Å². The number of anilines is 1. The van der Waals surface area contributed by atoms with Gasteiger partial charge in [0.1, 0.15) is 6.20 Å². The lowest BCUT2D eigenvalue weighted by atomic mass is 10.1. The van der Waals surface area contributed by atoms with E-state index in [-0.39, 0.29) is 22.8 Å². The smallest absolute Gasteiger partial charge is 0.329 e. The molecule has 0 aliphatic heterocycles. The fraction of sp³-hybridized carbons (Fsp3) is 0.167. The van der Waals surface area contributed by atoms with Gasteiger partial charge in [0, 0.05) is 4.47 Å². The third kappa shape index (κ3) is 3.43. The molecule has 1 heterocycles. The zero-order valence-corrected chi connectivity index (χ0v) is 12.7. The summed E-state index contributed by atoms with van der Waals surface area (Å²) in [6.07, 6.45) is 1.09. The SMILES string of the molecule is CC(Nc1nc(Cl)ncc1[N+](=O)[O-])c1cccc(Br)c1. The molecule has 0 bridgehead atoms. The predicted octanol–water partition coefficient (Wildman–Crippen LogP) is 3.97. The maximum absolute atomic E-state index is 10.9. The van der Waals surface area contributed by atoms with Crippen LogP contribution in [0.2, 0.25) is 5.28 Å². The second-order valence-electron chi connectivity index (χ2n) is 4.05. The van der Waals surface area contributed by atoms with Gasteiger partial charge in [-0.1, -0.05) is 28.1 Å². The summed E-state index contributed by atoms with van der Waals surface area (Å²) in [5, 5.41) is 13.9. The largest absolute Gasteiger partial charge is 0.358 e. The van der Waals surface area contributed by atoms with Crippen molar-refractivity contribution in [3.63, 3.8) is 0 Å². The number of halogens is 2. The van der Waals surface area contributed by atoms with Crippen molar-refractivity contribution in [2.24, 2.45) is 0 Å². The van der Waals surface area contributed by atoms with Crippen molar-refractivity contribution in [1.82, 2.24) is 9.97 Å². The minimum Gasteiger partial charge on any atom is -0.358 e. The van der Waals surface area contributed by atoms with Gasteiger partial charge in [-0.2, -0.15) is 4.98 Å². The van der Waals surface area contributed by atoms with Crippen molar-refractivity contribution in [2.75, 3.05) is 5.32 Å². The molecule has 6 nitrogen and oxygen atoms in total. The molecule has 1 atom stereocenters. The Labute approximate surface area is 128 Å². The summed E-state index contributed by atoms with van der Waals surface area (Å²) in [7, 11) is 0. The monoisotopic (exact) mass is 356 g/mol. The number of nitro groups is 1. The molecule has 1 N–H and O–H groups in total. The van der Waals surface area contributed by atoms with E-state index in [0.717, 1.165) is 16.2 Å². The van der Waals surface area contributed by atoms with Crippen LogP contribution < -0.4 is 5.32 Å². The van der Waals surface area contributed by atoms with Crippen LogP contribution in [0.15, 0.2) is 34.9 Å². The van der Waals surface area contributed by atoms with Crippen molar-refractivity contribution in [1.29, 1.82) is 0 Å². The highest BCUT2D eigenvalue weighted by Crippen LogP contribution is 2.27. The van der Waals surface area contributed by atoms with Crippen molar-refractivity contribution >= 4 is 39.0 Å². The van der Waals surface area contributed by atoms with Crippen LogP contribution in [0.25, 0.3) is 0 Å². The lowest BCUT2D eigenvalue weighted by Gasteiger charge is -2.15. The third-order valence-electron chi connectivity index (χ3n) is 2.64. The van der Waals surface area contributed by atoms with E-state index in [0.29, 0.717) is 0 Å². The molecule has 0 aliphatic carbocycles. The normalized spacial score (nSPS) is 11.9. The van der Waals surface area contributed by atoms with Gasteiger partial charge in [0.15, 0.2) is 0 Å². The number of nitrogens with zero attached hydrogens (tertiary/aromatic N) is 3. The molecule has 0 aliphatic rings. The number of nitrogens with one attached hydrogen (secondary N) is 1. The first-order valence-electron chi connectivity index (χ1n) is 5.66. The number of benzene rings is 1. The standard InChI is InChI=1S/C12H10BrClN4O2/c1-7(8-3-2-4-9(13)5-8)16-11-10(18(19)20)6-15-12(14)17-11/h2-7H,1H3,(H,15,16,17). The van der Waals surface area contributed by atoms with Gasteiger partial charge < -0.3 is 5.32 Å². The molecule has 1 unspecified atom stereocenters. The molecule has 0 saturated heterocycles. The minimum atomic E-state index is -0.549. The third-order valence-corrected chi connectivity index (χ3v) is 3.31. The number of rotatable bonds is 4. The van der Waals surface area contributed by atoms with Crippen LogP contribution in [-0.4, -0.2) is 14.9 Å². The van der Waals surface area contributed by atoms with Crippen molar-refractivity contribution in [3.05, 3.63) is 55.9 Å². The lowest BCUT2D eigenvalue weighted by Crippen LogP contribution is -2.10. The average molecular weight is 358 g/mol. The second-order valence-corrected chi connectivity index (χ2v) is 5.30. The van der Waals surface area contributed by atoms with E-state index in [2.05, 4.69) is 31.2 Å². The molecular weight excluding hydrogens is 348 g/mol. The van der Waals surface area contributed by atoms with Gasteiger partial charge in [-0.15, -0.1) is 0 Å². The Hall–Kier alpha value is -1.73. The van der Waals surface area contributed by atoms with Crippen LogP contribution in [0.5, 0.6) is 0 Å². The van der Waals surface area contributed by atoms with Crippen LogP contribution in [0, 0.1) is 10.1 Å². The molecule has 2 rings (SSSR count). The highest BCUT2D eigenvalue weighted by Gasteiger charge is 2.19. The maximum Gasteiger partial charge on any atom is 0.329 e. The van der Waals surface area contributed by atoms with E-state index in [1.54, 1.807) is 0 Å². The van der Waals surface area contributed by atoms with Gasteiger partial charge in [-0.25, -0.2) is 4.98 Å². The molecule has 0 radical (unpaired) electrons. The minimum absolute atomic E-state index is 0.0421. The second kappa shape index (κ2) is 6.15. The summed E-state index contributed by atoms with van der Waals surface area (Å²) in [4.78, 5) is 17.9. The van der Waals surface area contributed by atoms with E-state index in [4.69, 9.17) is 11.6 Å². The van der Waals surface area contributed by atoms with E-state index >= 15 is 0 Å². The first-order valence-corrected chi connectivity index (χ1v) is 6.83. The molecule has 20 heavy (non-hydrogen) atoms. The topological polar surface area (TPSA) is 81.0 Å². The number of hydrogen-bond acceptors (Lipinski definition) is 5. The van der Waals surface area contributed by atoms with E-state index in [9.17, 15) is 10.1 Å². The molecule has 0 spiro atoms. The Bertz CT molecular complexity index is 653. The Kier molecular flexibility index (Phi) is 4.51. The molecule has 0 fully saturated rings. The fourth-order valence-electron chi connectivity index (χ4n) is 1.66. The average Bonchev–Trinajstić information content (AvgIpc) is 2.38. The first kappa shape index (κ1) is 14.7. The molecular formula is C12H10BrClN4O2. The number of aromatic nitrogens is 2. The van der Waals surface area contributed by atoms with E-state index in [1.807, 2.05) is 31.2 Å². The van der Waals surface area contributed by atoms with Crippen molar-refractivity contribution in [3.8, 4) is 0 Å². The van der Waals surface area contributed by atoms with Crippen molar-refractivity contribution < 1.29 is 4.92 Å². The lowest BCUT2D eigenvalue weighted by molar-refractivity contribution is -0.384. The summed E-state index contributed by atoms with van der Waals surface area (Å²) in [6.45, 7) is 1.88. The van der Waals surface area contributed by atoms with Gasteiger partial charge in [0.05, 0.1) is 11.0 Å². The molecule has 1 aromatic heterocycles. The van der Waals surface area contributed by atoms with Gasteiger partial charge in [0.25, 0.3) is 0 Å². The molecule has 8 heteroatoms. The van der Waals surface area contributed by atoms with Crippen LogP contribution in [0.1, 0.15) is 18.5 Å². The Morgan fingerprint density at radius 1 is 1.50 bits per heavy atom. The summed E-state index contributed by atoms with van der Waals surface area (Å²) in [6, 6.07) is 7.46. The van der Waals surface area contributed by atoms with E-state index in [1.165, 1.54) is 0 Å². The summed E-state index contributed by atoms with van der Waals surface area (Å²) >= 11 is 9.07. The maximum atomic E-state index is 10.9. The highest BCUT2D eigenvalue weighted by atomic mass is 79.9. The van der Waals surface area contributed by atoms with E-state index < -0.39 is 4.92 Å². The van der Waals surface area contributed by atoms with Crippen LogP contribution in [-0.2, 0) is 0 Å². The summed E-state index contributed by atoms with van der Waals surface area (Å²) < 4.78 is 0.930. The van der Waals surface area contributed by atoms with Gasteiger partial charge in [-0.05, 0) is 36.2 Å². The number of hydrogen-bond donors (Lipinski definition) is 1. The molecule has 0 amide bonds. The molecule has 0 saturated carbocycles.